The van der Waals surface area contributed by atoms with E-state index in [9.17, 15) is 0 Å². The Kier molecular flexibility index (Phi) is 3.84. The van der Waals surface area contributed by atoms with Gasteiger partial charge in [-0.1, -0.05) is 42.1 Å². The van der Waals surface area contributed by atoms with Crippen molar-refractivity contribution in [3.05, 3.63) is 35.9 Å². The van der Waals surface area contributed by atoms with Gasteiger partial charge < -0.3 is 0 Å². The van der Waals surface area contributed by atoms with E-state index in [1.54, 1.807) is 11.8 Å². The molecule has 0 radical (unpaired) electrons. The molecule has 1 N–H and O–H groups in total. The third-order valence-corrected chi connectivity index (χ3v) is 3.39. The molecule has 90 valence electrons. The number of hydrogen-bond donors (Lipinski definition) is 1. The van der Waals surface area contributed by atoms with Gasteiger partial charge in [0.25, 0.3) is 0 Å². The van der Waals surface area contributed by atoms with E-state index in [4.69, 9.17) is 0 Å². The van der Waals surface area contributed by atoms with Crippen molar-refractivity contribution in [2.75, 3.05) is 0 Å². The van der Waals surface area contributed by atoms with Gasteiger partial charge in [-0.05, 0) is 26.3 Å². The van der Waals surface area contributed by atoms with Crippen LogP contribution in [0.3, 0.4) is 0 Å². The summed E-state index contributed by atoms with van der Waals surface area (Å²) in [5, 5.41) is 5.67. The summed E-state index contributed by atoms with van der Waals surface area (Å²) in [7, 11) is 0. The van der Waals surface area contributed by atoms with Crippen LogP contribution in [-0.4, -0.2) is 22.2 Å². The lowest BCUT2D eigenvalue weighted by Crippen LogP contribution is -2.31. The minimum absolute atomic E-state index is 0.297. The predicted molar refractivity (Wildman–Crippen MR) is 75.7 cm³/mol. The number of hydrazone groups is 1. The zero-order valence-electron chi connectivity index (χ0n) is 10.3. The smallest absolute Gasteiger partial charge is 0.178 e. The Labute approximate surface area is 106 Å². The number of nitrogens with one attached hydrogen (secondary N) is 1. The summed E-state index contributed by atoms with van der Waals surface area (Å²) in [6, 6.07) is 10.6. The fraction of sp³-hybridized carbons (Fsp3) is 0.385. The van der Waals surface area contributed by atoms with Crippen molar-refractivity contribution < 1.29 is 0 Å². The topological polar surface area (TPSA) is 36.8 Å². The average Bonchev–Trinajstić information content (AvgIpc) is 2.29. The molecule has 0 amide bonds. The number of rotatable bonds is 2. The fourth-order valence-corrected chi connectivity index (χ4v) is 2.66. The lowest BCUT2D eigenvalue weighted by molar-refractivity contribution is 0.825. The number of thioether (sulfide) groups is 1. The van der Waals surface area contributed by atoms with Crippen molar-refractivity contribution in [2.24, 2.45) is 10.1 Å². The van der Waals surface area contributed by atoms with E-state index in [1.807, 2.05) is 18.2 Å². The molecule has 2 rings (SSSR count). The maximum Gasteiger partial charge on any atom is 0.178 e. The number of aliphatic imine (C=N–C) groups is 1. The van der Waals surface area contributed by atoms with Crippen LogP contribution in [0.4, 0.5) is 0 Å². The second-order valence-electron chi connectivity index (χ2n) is 4.26. The van der Waals surface area contributed by atoms with Gasteiger partial charge in [0, 0.05) is 6.04 Å². The van der Waals surface area contributed by atoms with Crippen LogP contribution in [0, 0.1) is 0 Å². The monoisotopic (exact) mass is 247 g/mol. The first kappa shape index (κ1) is 12.2. The molecule has 1 unspecified atom stereocenters. The molecule has 1 heterocycles. The molecule has 0 saturated carbocycles. The molecule has 3 nitrogen and oxygen atoms in total. The Morgan fingerprint density at radius 2 is 2.00 bits per heavy atom. The first-order valence-electron chi connectivity index (χ1n) is 5.80. The zero-order valence-corrected chi connectivity index (χ0v) is 11.2. The van der Waals surface area contributed by atoms with E-state index in [-0.39, 0.29) is 0 Å². The molecule has 0 aliphatic carbocycles. The van der Waals surface area contributed by atoms with Gasteiger partial charge in [-0.2, -0.15) is 5.10 Å². The van der Waals surface area contributed by atoms with Gasteiger partial charge in [0.05, 0.1) is 11.0 Å². The Balaban J connectivity index is 2.20. The Hall–Kier alpha value is -1.29. The molecule has 1 aromatic rings. The average molecular weight is 247 g/mol. The number of benzene rings is 1. The molecule has 0 fully saturated rings. The number of nitrogens with zero attached hydrogens (tertiary/aromatic N) is 2. The van der Waals surface area contributed by atoms with Crippen molar-refractivity contribution in [3.63, 3.8) is 0 Å². The molecule has 0 aromatic heterocycles. The van der Waals surface area contributed by atoms with Crippen LogP contribution in [0.25, 0.3) is 0 Å². The molecule has 17 heavy (non-hydrogen) atoms. The minimum Gasteiger partial charge on any atom is -0.258 e. The van der Waals surface area contributed by atoms with E-state index in [0.29, 0.717) is 11.3 Å². The Bertz CT molecular complexity index is 437. The van der Waals surface area contributed by atoms with Crippen LogP contribution in [0.5, 0.6) is 0 Å². The van der Waals surface area contributed by atoms with Crippen molar-refractivity contribution >= 4 is 22.6 Å². The summed E-state index contributed by atoms with van der Waals surface area (Å²) in [5.41, 5.74) is 5.28. The Morgan fingerprint density at radius 1 is 1.29 bits per heavy atom. The highest BCUT2D eigenvalue weighted by Gasteiger charge is 2.21. The lowest BCUT2D eigenvalue weighted by Gasteiger charge is -2.21. The van der Waals surface area contributed by atoms with Crippen LogP contribution in [0.1, 0.15) is 26.3 Å². The highest BCUT2D eigenvalue weighted by atomic mass is 32.2. The van der Waals surface area contributed by atoms with E-state index in [0.717, 1.165) is 10.9 Å². The van der Waals surface area contributed by atoms with E-state index in [1.165, 1.54) is 5.56 Å². The van der Waals surface area contributed by atoms with Crippen molar-refractivity contribution in [1.29, 1.82) is 0 Å². The normalized spacial score (nSPS) is 22.5. The first-order valence-corrected chi connectivity index (χ1v) is 6.68. The SMILES string of the molecule is CC(C)N=C1NN=C(c2ccccc2)C(C)S1. The molecular formula is C13H17N3S. The van der Waals surface area contributed by atoms with Gasteiger partial charge in [0.1, 0.15) is 0 Å². The van der Waals surface area contributed by atoms with Crippen LogP contribution in [-0.2, 0) is 0 Å². The van der Waals surface area contributed by atoms with Crippen LogP contribution in [0.2, 0.25) is 0 Å². The quantitative estimate of drug-likeness (QED) is 0.872. The number of amidine groups is 1. The van der Waals surface area contributed by atoms with Gasteiger partial charge >= 0.3 is 0 Å². The highest BCUT2D eigenvalue weighted by Crippen LogP contribution is 2.21. The molecule has 1 atom stereocenters. The third-order valence-electron chi connectivity index (χ3n) is 2.39. The van der Waals surface area contributed by atoms with Gasteiger partial charge in [0.2, 0.25) is 0 Å². The molecule has 4 heteroatoms. The second kappa shape index (κ2) is 5.36. The summed E-state index contributed by atoms with van der Waals surface area (Å²) < 4.78 is 0. The molecule has 0 saturated heterocycles. The van der Waals surface area contributed by atoms with E-state index in [2.05, 4.69) is 48.4 Å². The molecule has 1 aliphatic heterocycles. The third kappa shape index (κ3) is 3.09. The maximum absolute atomic E-state index is 4.48. The maximum atomic E-state index is 4.48. The van der Waals surface area contributed by atoms with Crippen LogP contribution in [0.15, 0.2) is 40.4 Å². The Morgan fingerprint density at radius 3 is 2.59 bits per heavy atom. The van der Waals surface area contributed by atoms with E-state index >= 15 is 0 Å². The summed E-state index contributed by atoms with van der Waals surface area (Å²) >= 11 is 1.73. The number of hydrogen-bond acceptors (Lipinski definition) is 3. The highest BCUT2D eigenvalue weighted by molar-refractivity contribution is 8.15. The van der Waals surface area contributed by atoms with Gasteiger partial charge in [-0.3, -0.25) is 10.4 Å². The van der Waals surface area contributed by atoms with Gasteiger partial charge in [0.15, 0.2) is 5.17 Å². The summed E-state index contributed by atoms with van der Waals surface area (Å²) in [6.45, 7) is 6.29. The van der Waals surface area contributed by atoms with Crippen LogP contribution < -0.4 is 5.43 Å². The van der Waals surface area contributed by atoms with Gasteiger partial charge in [-0.25, -0.2) is 0 Å². The van der Waals surface area contributed by atoms with Crippen molar-refractivity contribution in [2.45, 2.75) is 32.1 Å². The summed E-state index contributed by atoms with van der Waals surface area (Å²) in [5.74, 6) is 0. The van der Waals surface area contributed by atoms with Crippen molar-refractivity contribution in [1.82, 2.24) is 5.43 Å². The lowest BCUT2D eigenvalue weighted by atomic mass is 10.1. The molecule has 0 bridgehead atoms. The summed E-state index contributed by atoms with van der Waals surface area (Å²) in [6.07, 6.45) is 0. The molecular weight excluding hydrogens is 230 g/mol. The fourth-order valence-electron chi connectivity index (χ4n) is 1.65. The molecule has 1 aromatic carbocycles. The molecule has 0 spiro atoms. The standard InChI is InChI=1S/C13H17N3S/c1-9(2)14-13-16-15-12(10(3)17-13)11-7-5-4-6-8-11/h4-10H,1-3H3,(H,14,16). The van der Waals surface area contributed by atoms with Crippen LogP contribution >= 0.6 is 11.8 Å². The minimum atomic E-state index is 0.297. The predicted octanol–water partition coefficient (Wildman–Crippen LogP) is 2.88. The molecule has 1 aliphatic rings. The largest absolute Gasteiger partial charge is 0.258 e. The second-order valence-corrected chi connectivity index (χ2v) is 5.59. The van der Waals surface area contributed by atoms with Gasteiger partial charge in [-0.15, -0.1) is 0 Å². The summed E-state index contributed by atoms with van der Waals surface area (Å²) in [4.78, 5) is 4.48. The zero-order chi connectivity index (χ0) is 12.3. The van der Waals surface area contributed by atoms with E-state index < -0.39 is 0 Å². The first-order chi connectivity index (χ1) is 8.16. The van der Waals surface area contributed by atoms with Crippen molar-refractivity contribution in [3.8, 4) is 0 Å².